The zero-order chi connectivity index (χ0) is 19.6. The number of nitrogens with zero attached hydrogens (tertiary/aromatic N) is 1. The second-order valence-corrected chi connectivity index (χ2v) is 7.48. The first-order chi connectivity index (χ1) is 12.9. The van der Waals surface area contributed by atoms with Gasteiger partial charge in [0.1, 0.15) is 11.6 Å². The highest BCUT2D eigenvalue weighted by Gasteiger charge is 2.47. The summed E-state index contributed by atoms with van der Waals surface area (Å²) in [5.41, 5.74) is 0.207. The Morgan fingerprint density at radius 1 is 1.37 bits per heavy atom. The standard InChI is InChI=1S/C21H22ClFN2O2.H2/c1-3-17(25-12-21(8-9-21)13(2)26)15-6-7-16(22)18(19(15)23)20(27)14-5-4-10-24-11-14;/h4-7,10-11,17,25H,3,8-9,12H2,1-2H3;1H/t17-;/m1./s1. The summed E-state index contributed by atoms with van der Waals surface area (Å²) < 4.78 is 15.3. The van der Waals surface area contributed by atoms with Crippen molar-refractivity contribution in [2.45, 2.75) is 39.2 Å². The lowest BCUT2D eigenvalue weighted by Crippen LogP contribution is -2.32. The minimum Gasteiger partial charge on any atom is -0.309 e. The summed E-state index contributed by atoms with van der Waals surface area (Å²) in [4.78, 5) is 28.4. The Bertz CT molecular complexity index is 872. The Kier molecular flexibility index (Phi) is 5.72. The van der Waals surface area contributed by atoms with Crippen LogP contribution >= 0.6 is 11.6 Å². The van der Waals surface area contributed by atoms with Crippen LogP contribution in [0.1, 0.15) is 62.1 Å². The fourth-order valence-electron chi connectivity index (χ4n) is 3.28. The molecule has 0 spiro atoms. The second kappa shape index (κ2) is 7.87. The van der Waals surface area contributed by atoms with Crippen LogP contribution in [0.3, 0.4) is 0 Å². The zero-order valence-electron chi connectivity index (χ0n) is 15.4. The first kappa shape index (κ1) is 19.6. The number of hydrogen-bond acceptors (Lipinski definition) is 4. The molecule has 27 heavy (non-hydrogen) atoms. The third kappa shape index (κ3) is 3.94. The monoisotopic (exact) mass is 390 g/mol. The lowest BCUT2D eigenvalue weighted by Gasteiger charge is -2.22. The number of aromatic nitrogens is 1. The normalized spacial score (nSPS) is 16.0. The number of carbonyl (C=O) groups is 2. The maximum absolute atomic E-state index is 15.3. The summed E-state index contributed by atoms with van der Waals surface area (Å²) in [5.74, 6) is -0.957. The number of benzene rings is 1. The Morgan fingerprint density at radius 2 is 2.11 bits per heavy atom. The molecule has 0 unspecified atom stereocenters. The van der Waals surface area contributed by atoms with Crippen molar-refractivity contribution in [3.8, 4) is 0 Å². The summed E-state index contributed by atoms with van der Waals surface area (Å²) in [5, 5.41) is 3.38. The molecule has 1 aromatic carbocycles. The average molecular weight is 391 g/mol. The molecule has 1 aliphatic rings. The van der Waals surface area contributed by atoms with Crippen LogP contribution in [0.5, 0.6) is 0 Å². The van der Waals surface area contributed by atoms with E-state index in [1.54, 1.807) is 37.4 Å². The Hall–Kier alpha value is -2.11. The molecule has 0 amide bonds. The van der Waals surface area contributed by atoms with Crippen molar-refractivity contribution in [2.75, 3.05) is 6.54 Å². The van der Waals surface area contributed by atoms with Crippen LogP contribution in [0.15, 0.2) is 36.7 Å². The lowest BCUT2D eigenvalue weighted by molar-refractivity contribution is -0.121. The van der Waals surface area contributed by atoms with E-state index in [0.29, 0.717) is 18.5 Å². The molecule has 1 atom stereocenters. The van der Waals surface area contributed by atoms with Gasteiger partial charge in [0.2, 0.25) is 0 Å². The minimum absolute atomic E-state index is 0. The number of halogens is 2. The molecule has 1 aliphatic carbocycles. The fraction of sp³-hybridized carbons (Fsp3) is 0.381. The van der Waals surface area contributed by atoms with Crippen molar-refractivity contribution in [3.63, 3.8) is 0 Å². The highest BCUT2D eigenvalue weighted by molar-refractivity contribution is 6.35. The van der Waals surface area contributed by atoms with Gasteiger partial charge in [0.15, 0.2) is 5.78 Å². The molecule has 0 bridgehead atoms. The molecule has 4 nitrogen and oxygen atoms in total. The van der Waals surface area contributed by atoms with Gasteiger partial charge in [-0.15, -0.1) is 0 Å². The zero-order valence-corrected chi connectivity index (χ0v) is 16.1. The van der Waals surface area contributed by atoms with Gasteiger partial charge in [0.05, 0.1) is 10.6 Å². The van der Waals surface area contributed by atoms with E-state index in [4.69, 9.17) is 11.6 Å². The van der Waals surface area contributed by atoms with Crippen molar-refractivity contribution in [1.29, 1.82) is 0 Å². The smallest absolute Gasteiger partial charge is 0.199 e. The van der Waals surface area contributed by atoms with Crippen LogP contribution in [0.4, 0.5) is 4.39 Å². The highest BCUT2D eigenvalue weighted by Crippen LogP contribution is 2.46. The summed E-state index contributed by atoms with van der Waals surface area (Å²) in [6.07, 6.45) is 5.28. The van der Waals surface area contributed by atoms with E-state index in [0.717, 1.165) is 12.8 Å². The van der Waals surface area contributed by atoms with Crippen LogP contribution in [-0.4, -0.2) is 23.1 Å². The first-order valence-corrected chi connectivity index (χ1v) is 9.44. The fourth-order valence-corrected chi connectivity index (χ4v) is 3.52. The van der Waals surface area contributed by atoms with Crippen molar-refractivity contribution in [1.82, 2.24) is 10.3 Å². The maximum Gasteiger partial charge on any atom is 0.199 e. The summed E-state index contributed by atoms with van der Waals surface area (Å²) in [7, 11) is 0. The van der Waals surface area contributed by atoms with Gasteiger partial charge in [0.25, 0.3) is 0 Å². The predicted octanol–water partition coefficient (Wildman–Crippen LogP) is 4.76. The van der Waals surface area contributed by atoms with E-state index in [9.17, 15) is 9.59 Å². The number of carbonyl (C=O) groups excluding carboxylic acids is 2. The van der Waals surface area contributed by atoms with Gasteiger partial charge in [-0.2, -0.15) is 0 Å². The second-order valence-electron chi connectivity index (χ2n) is 7.07. The largest absolute Gasteiger partial charge is 0.309 e. The molecule has 0 radical (unpaired) electrons. The summed E-state index contributed by atoms with van der Waals surface area (Å²) >= 11 is 6.15. The molecular formula is C21H24ClFN2O2. The van der Waals surface area contributed by atoms with Crippen LogP contribution in [0.2, 0.25) is 5.02 Å². The molecule has 1 aromatic heterocycles. The van der Waals surface area contributed by atoms with Crippen molar-refractivity contribution in [2.24, 2.45) is 5.41 Å². The molecule has 144 valence electrons. The van der Waals surface area contributed by atoms with Gasteiger partial charge in [0, 0.05) is 42.9 Å². The number of hydrogen-bond donors (Lipinski definition) is 1. The third-order valence-corrected chi connectivity index (χ3v) is 5.66. The van der Waals surface area contributed by atoms with E-state index in [1.165, 1.54) is 6.20 Å². The Morgan fingerprint density at radius 3 is 2.67 bits per heavy atom. The minimum atomic E-state index is -0.622. The summed E-state index contributed by atoms with van der Waals surface area (Å²) in [6.45, 7) is 4.04. The molecule has 0 aliphatic heterocycles. The van der Waals surface area contributed by atoms with Gasteiger partial charge >= 0.3 is 0 Å². The molecule has 6 heteroatoms. The van der Waals surface area contributed by atoms with E-state index in [-0.39, 0.29) is 34.8 Å². The molecule has 1 saturated carbocycles. The molecule has 3 rings (SSSR count). The predicted molar refractivity (Wildman–Crippen MR) is 105 cm³/mol. The quantitative estimate of drug-likeness (QED) is 0.660. The molecule has 1 heterocycles. The molecule has 2 aromatic rings. The van der Waals surface area contributed by atoms with Gasteiger partial charge in [-0.3, -0.25) is 14.6 Å². The van der Waals surface area contributed by atoms with Gasteiger partial charge in [-0.05, 0) is 44.4 Å². The molecular weight excluding hydrogens is 367 g/mol. The highest BCUT2D eigenvalue weighted by atomic mass is 35.5. The lowest BCUT2D eigenvalue weighted by atomic mass is 9.95. The number of nitrogens with one attached hydrogen (secondary N) is 1. The van der Waals surface area contributed by atoms with Crippen molar-refractivity contribution < 1.29 is 15.4 Å². The SMILES string of the molecule is CC[C@@H](NCC1(C(C)=O)CC1)c1ccc(Cl)c(C(=O)c2cccnc2)c1F.[HH]. The van der Waals surface area contributed by atoms with E-state index in [2.05, 4.69) is 10.3 Å². The van der Waals surface area contributed by atoms with Crippen LogP contribution in [0.25, 0.3) is 0 Å². The molecule has 1 fully saturated rings. The Balaban J connectivity index is 0.00000280. The Labute approximate surface area is 164 Å². The average Bonchev–Trinajstić information content (AvgIpc) is 3.45. The molecule has 1 N–H and O–H groups in total. The van der Waals surface area contributed by atoms with Gasteiger partial charge < -0.3 is 5.32 Å². The summed E-state index contributed by atoms with van der Waals surface area (Å²) in [6, 6.07) is 6.05. The van der Waals surface area contributed by atoms with Gasteiger partial charge in [-0.1, -0.05) is 24.6 Å². The third-order valence-electron chi connectivity index (χ3n) is 5.34. The van der Waals surface area contributed by atoms with Crippen LogP contribution in [0, 0.1) is 11.2 Å². The van der Waals surface area contributed by atoms with E-state index < -0.39 is 11.6 Å². The topological polar surface area (TPSA) is 59.1 Å². The number of ketones is 2. The van der Waals surface area contributed by atoms with Gasteiger partial charge in [-0.25, -0.2) is 4.39 Å². The van der Waals surface area contributed by atoms with E-state index in [1.807, 2.05) is 6.92 Å². The number of pyridine rings is 1. The number of rotatable bonds is 8. The van der Waals surface area contributed by atoms with E-state index >= 15 is 4.39 Å². The van der Waals surface area contributed by atoms with Crippen molar-refractivity contribution >= 4 is 23.2 Å². The first-order valence-electron chi connectivity index (χ1n) is 9.06. The molecule has 0 saturated heterocycles. The van der Waals surface area contributed by atoms with Crippen molar-refractivity contribution in [3.05, 3.63) is 64.2 Å². The van der Waals surface area contributed by atoms with Crippen LogP contribution in [-0.2, 0) is 4.79 Å². The van der Waals surface area contributed by atoms with Crippen LogP contribution < -0.4 is 5.32 Å². The number of Topliss-reactive ketones (excluding diaryl/α,β-unsaturated/α-hetero) is 1. The maximum atomic E-state index is 15.3.